The van der Waals surface area contributed by atoms with Gasteiger partial charge in [-0.3, -0.25) is 4.79 Å². The van der Waals surface area contributed by atoms with Crippen LogP contribution in [0.5, 0.6) is 0 Å². The van der Waals surface area contributed by atoms with Crippen molar-refractivity contribution < 1.29 is 9.18 Å². The minimum absolute atomic E-state index is 0.0635. The van der Waals surface area contributed by atoms with Gasteiger partial charge in [0.15, 0.2) is 0 Å². The summed E-state index contributed by atoms with van der Waals surface area (Å²) in [6.45, 7) is 7.91. The first kappa shape index (κ1) is 14.6. The molecule has 0 heterocycles. The van der Waals surface area contributed by atoms with Crippen LogP contribution in [0.25, 0.3) is 0 Å². The lowest BCUT2D eigenvalue weighted by atomic mass is 10.1. The quantitative estimate of drug-likeness (QED) is 0.864. The van der Waals surface area contributed by atoms with E-state index in [0.29, 0.717) is 0 Å². The number of carbonyl (C=O) groups excluding carboxylic acids is 1. The number of carbonyl (C=O) groups is 1. The molecule has 1 atom stereocenters. The van der Waals surface area contributed by atoms with Gasteiger partial charge in [0.1, 0.15) is 5.82 Å². The molecule has 2 N–H and O–H groups in total. The maximum atomic E-state index is 13.0. The van der Waals surface area contributed by atoms with E-state index in [1.165, 1.54) is 12.1 Å². The lowest BCUT2D eigenvalue weighted by Gasteiger charge is -2.21. The summed E-state index contributed by atoms with van der Waals surface area (Å²) in [4.78, 5) is 11.6. The third kappa shape index (κ3) is 5.27. The molecule has 0 aromatic heterocycles. The standard InChI is InChI=1S/C14H21FN2O/c1-10(11-6-5-7-12(15)8-11)16-9-13(18)17-14(2,3)4/h5-8,10,16H,9H2,1-4H3,(H,17,18)/t10-/m1/s1. The second-order valence-corrected chi connectivity index (χ2v) is 5.46. The average molecular weight is 252 g/mol. The van der Waals surface area contributed by atoms with Gasteiger partial charge in [0.2, 0.25) is 5.91 Å². The van der Waals surface area contributed by atoms with Gasteiger partial charge in [0.25, 0.3) is 0 Å². The summed E-state index contributed by atoms with van der Waals surface area (Å²) in [7, 11) is 0. The van der Waals surface area contributed by atoms with Crippen LogP contribution in [0.4, 0.5) is 4.39 Å². The third-order valence-corrected chi connectivity index (χ3v) is 2.43. The zero-order valence-electron chi connectivity index (χ0n) is 11.4. The maximum absolute atomic E-state index is 13.0. The number of rotatable bonds is 4. The fraction of sp³-hybridized carbons (Fsp3) is 0.500. The molecule has 0 saturated carbocycles. The van der Waals surface area contributed by atoms with E-state index in [0.717, 1.165) is 5.56 Å². The minimum Gasteiger partial charge on any atom is -0.350 e. The summed E-state index contributed by atoms with van der Waals surface area (Å²) in [5, 5.41) is 5.93. The molecule has 0 fully saturated rings. The summed E-state index contributed by atoms with van der Waals surface area (Å²) in [6.07, 6.45) is 0. The normalized spacial score (nSPS) is 13.2. The van der Waals surface area contributed by atoms with E-state index in [1.807, 2.05) is 33.8 Å². The van der Waals surface area contributed by atoms with Crippen molar-refractivity contribution in [3.63, 3.8) is 0 Å². The molecular weight excluding hydrogens is 231 g/mol. The van der Waals surface area contributed by atoms with Crippen molar-refractivity contribution in [2.24, 2.45) is 0 Å². The van der Waals surface area contributed by atoms with Gasteiger partial charge in [-0.2, -0.15) is 0 Å². The van der Waals surface area contributed by atoms with Gasteiger partial charge in [-0.15, -0.1) is 0 Å². The van der Waals surface area contributed by atoms with Crippen molar-refractivity contribution in [1.82, 2.24) is 10.6 Å². The first-order valence-electron chi connectivity index (χ1n) is 6.08. The number of benzene rings is 1. The van der Waals surface area contributed by atoms with E-state index < -0.39 is 0 Å². The molecule has 1 aromatic carbocycles. The molecular formula is C14H21FN2O. The molecule has 100 valence electrons. The van der Waals surface area contributed by atoms with Crippen LogP contribution >= 0.6 is 0 Å². The Morgan fingerprint density at radius 1 is 1.39 bits per heavy atom. The van der Waals surface area contributed by atoms with Crippen molar-refractivity contribution >= 4 is 5.91 Å². The van der Waals surface area contributed by atoms with Gasteiger partial charge < -0.3 is 10.6 Å². The fourth-order valence-electron chi connectivity index (χ4n) is 1.60. The topological polar surface area (TPSA) is 41.1 Å². The van der Waals surface area contributed by atoms with Gasteiger partial charge in [-0.25, -0.2) is 4.39 Å². The Bertz CT molecular complexity index is 413. The Labute approximate surface area is 108 Å². The zero-order valence-corrected chi connectivity index (χ0v) is 11.4. The van der Waals surface area contributed by atoms with Gasteiger partial charge in [-0.1, -0.05) is 12.1 Å². The van der Waals surface area contributed by atoms with Crippen LogP contribution in [0.1, 0.15) is 39.3 Å². The highest BCUT2D eigenvalue weighted by molar-refractivity contribution is 5.78. The van der Waals surface area contributed by atoms with Crippen LogP contribution in [0, 0.1) is 5.82 Å². The largest absolute Gasteiger partial charge is 0.350 e. The van der Waals surface area contributed by atoms with E-state index in [-0.39, 0.29) is 29.8 Å². The summed E-state index contributed by atoms with van der Waals surface area (Å²) in [6, 6.07) is 6.31. The van der Waals surface area contributed by atoms with Crippen LogP contribution in [-0.2, 0) is 4.79 Å². The fourth-order valence-corrected chi connectivity index (χ4v) is 1.60. The molecule has 1 amide bonds. The lowest BCUT2D eigenvalue weighted by Crippen LogP contribution is -2.45. The summed E-state index contributed by atoms with van der Waals surface area (Å²) in [5.41, 5.74) is 0.597. The van der Waals surface area contributed by atoms with Crippen molar-refractivity contribution in [1.29, 1.82) is 0 Å². The lowest BCUT2D eigenvalue weighted by molar-refractivity contribution is -0.121. The second kappa shape index (κ2) is 5.96. The minimum atomic E-state index is -0.264. The molecule has 0 aliphatic rings. The molecule has 1 rings (SSSR count). The number of hydrogen-bond acceptors (Lipinski definition) is 2. The number of nitrogens with one attached hydrogen (secondary N) is 2. The van der Waals surface area contributed by atoms with E-state index >= 15 is 0 Å². The SMILES string of the molecule is C[C@@H](NCC(=O)NC(C)(C)C)c1cccc(F)c1. The molecule has 0 spiro atoms. The van der Waals surface area contributed by atoms with Gasteiger partial charge >= 0.3 is 0 Å². The number of hydrogen-bond donors (Lipinski definition) is 2. The predicted octanol–water partition coefficient (Wildman–Crippen LogP) is 2.39. The predicted molar refractivity (Wildman–Crippen MR) is 70.7 cm³/mol. The molecule has 0 aliphatic carbocycles. The van der Waals surface area contributed by atoms with Crippen LogP contribution in [0.3, 0.4) is 0 Å². The van der Waals surface area contributed by atoms with Crippen molar-refractivity contribution in [2.75, 3.05) is 6.54 Å². The molecule has 3 nitrogen and oxygen atoms in total. The Kier molecular flexibility index (Phi) is 4.84. The van der Waals surface area contributed by atoms with E-state index in [9.17, 15) is 9.18 Å². The first-order chi connectivity index (χ1) is 8.28. The Balaban J connectivity index is 2.46. The molecule has 0 bridgehead atoms. The summed E-state index contributed by atoms with van der Waals surface area (Å²) in [5.74, 6) is -0.328. The smallest absolute Gasteiger partial charge is 0.234 e. The van der Waals surface area contributed by atoms with Crippen molar-refractivity contribution in [3.8, 4) is 0 Å². The highest BCUT2D eigenvalue weighted by Gasteiger charge is 2.14. The van der Waals surface area contributed by atoms with E-state index in [4.69, 9.17) is 0 Å². The number of halogens is 1. The molecule has 0 radical (unpaired) electrons. The summed E-state index contributed by atoms with van der Waals surface area (Å²) < 4.78 is 13.0. The summed E-state index contributed by atoms with van der Waals surface area (Å²) >= 11 is 0. The number of amides is 1. The highest BCUT2D eigenvalue weighted by atomic mass is 19.1. The Morgan fingerprint density at radius 2 is 2.06 bits per heavy atom. The van der Waals surface area contributed by atoms with Crippen LogP contribution in [-0.4, -0.2) is 18.0 Å². The van der Waals surface area contributed by atoms with Gasteiger partial charge in [-0.05, 0) is 45.4 Å². The Morgan fingerprint density at radius 3 is 2.61 bits per heavy atom. The molecule has 0 unspecified atom stereocenters. The molecule has 4 heteroatoms. The molecule has 0 aliphatic heterocycles. The van der Waals surface area contributed by atoms with Crippen LogP contribution < -0.4 is 10.6 Å². The van der Waals surface area contributed by atoms with Gasteiger partial charge in [0.05, 0.1) is 6.54 Å². The van der Waals surface area contributed by atoms with E-state index in [1.54, 1.807) is 6.07 Å². The van der Waals surface area contributed by atoms with Crippen LogP contribution in [0.15, 0.2) is 24.3 Å². The average Bonchev–Trinajstić information content (AvgIpc) is 2.23. The molecule has 1 aromatic rings. The van der Waals surface area contributed by atoms with Crippen molar-refractivity contribution in [3.05, 3.63) is 35.6 Å². The van der Waals surface area contributed by atoms with Gasteiger partial charge in [0, 0.05) is 11.6 Å². The second-order valence-electron chi connectivity index (χ2n) is 5.46. The molecule has 18 heavy (non-hydrogen) atoms. The third-order valence-electron chi connectivity index (χ3n) is 2.43. The zero-order chi connectivity index (χ0) is 13.8. The van der Waals surface area contributed by atoms with Crippen LogP contribution in [0.2, 0.25) is 0 Å². The van der Waals surface area contributed by atoms with E-state index in [2.05, 4.69) is 10.6 Å². The highest BCUT2D eigenvalue weighted by Crippen LogP contribution is 2.12. The Hall–Kier alpha value is -1.42. The van der Waals surface area contributed by atoms with Crippen molar-refractivity contribution in [2.45, 2.75) is 39.3 Å². The maximum Gasteiger partial charge on any atom is 0.234 e. The molecule has 0 saturated heterocycles. The monoisotopic (exact) mass is 252 g/mol. The first-order valence-corrected chi connectivity index (χ1v) is 6.08.